The average Bonchev–Trinajstić information content (AvgIpc) is 2.77. The summed E-state index contributed by atoms with van der Waals surface area (Å²) < 4.78 is 0. The Morgan fingerprint density at radius 2 is 1.92 bits per heavy atom. The Balaban J connectivity index is 1.81. The Morgan fingerprint density at radius 3 is 2.65 bits per heavy atom. The summed E-state index contributed by atoms with van der Waals surface area (Å²) in [6.45, 7) is 6.87. The monoisotopic (exact) mass is 358 g/mol. The predicted molar refractivity (Wildman–Crippen MR) is 101 cm³/mol. The topological polar surface area (TPSA) is 60.9 Å². The fourth-order valence-corrected chi connectivity index (χ4v) is 4.59. The summed E-state index contributed by atoms with van der Waals surface area (Å²) >= 11 is 0. The van der Waals surface area contributed by atoms with Crippen molar-refractivity contribution in [1.82, 2.24) is 9.80 Å². The van der Waals surface area contributed by atoms with Crippen LogP contribution in [0.5, 0.6) is 0 Å². The minimum absolute atomic E-state index is 0.0604. The van der Waals surface area contributed by atoms with Crippen LogP contribution in [0.1, 0.15) is 50.2 Å². The molecule has 1 spiro atoms. The molecule has 1 aromatic rings. The third-order valence-electron chi connectivity index (χ3n) is 5.89. The van der Waals surface area contributed by atoms with Crippen LogP contribution in [0.15, 0.2) is 24.3 Å². The molecule has 0 radical (unpaired) electrons. The van der Waals surface area contributed by atoms with Crippen LogP contribution in [0.3, 0.4) is 0 Å². The molecule has 2 aliphatic rings. The molecule has 0 aliphatic carbocycles. The highest BCUT2D eigenvalue weighted by Crippen LogP contribution is 2.38. The van der Waals surface area contributed by atoms with Crippen molar-refractivity contribution < 1.29 is 14.7 Å². The Morgan fingerprint density at radius 1 is 1.15 bits per heavy atom. The van der Waals surface area contributed by atoms with Crippen LogP contribution in [0.25, 0.3) is 0 Å². The fourth-order valence-electron chi connectivity index (χ4n) is 4.59. The zero-order chi connectivity index (χ0) is 18.6. The van der Waals surface area contributed by atoms with Gasteiger partial charge in [-0.05, 0) is 49.9 Å². The minimum Gasteiger partial charge on any atom is -0.481 e. The normalized spacial score (nSPS) is 23.5. The van der Waals surface area contributed by atoms with Gasteiger partial charge < -0.3 is 14.9 Å². The summed E-state index contributed by atoms with van der Waals surface area (Å²) in [5.74, 6) is -0.739. The van der Waals surface area contributed by atoms with Crippen LogP contribution in [0.4, 0.5) is 0 Å². The fraction of sp³-hybridized carbons (Fsp3) is 0.619. The van der Waals surface area contributed by atoms with E-state index in [1.165, 1.54) is 17.5 Å². The van der Waals surface area contributed by atoms with Crippen LogP contribution in [0.2, 0.25) is 0 Å². The van der Waals surface area contributed by atoms with Gasteiger partial charge in [0.05, 0.1) is 0 Å². The second-order valence-corrected chi connectivity index (χ2v) is 7.91. The molecule has 0 bridgehead atoms. The van der Waals surface area contributed by atoms with E-state index in [4.69, 9.17) is 5.11 Å². The van der Waals surface area contributed by atoms with Gasteiger partial charge in [-0.15, -0.1) is 0 Å². The molecule has 1 unspecified atom stereocenters. The number of aliphatic carboxylic acids is 1. The summed E-state index contributed by atoms with van der Waals surface area (Å²) in [6.07, 6.45) is 4.15. The van der Waals surface area contributed by atoms with Gasteiger partial charge in [0.2, 0.25) is 5.91 Å². The Kier molecular flexibility index (Phi) is 5.97. The van der Waals surface area contributed by atoms with Gasteiger partial charge in [-0.25, -0.2) is 0 Å². The van der Waals surface area contributed by atoms with Crippen molar-refractivity contribution >= 4 is 11.9 Å². The second kappa shape index (κ2) is 8.21. The number of rotatable bonds is 5. The van der Waals surface area contributed by atoms with E-state index in [2.05, 4.69) is 30.0 Å². The van der Waals surface area contributed by atoms with E-state index in [1.807, 2.05) is 11.0 Å². The molecule has 1 amide bonds. The van der Waals surface area contributed by atoms with E-state index in [0.717, 1.165) is 39.0 Å². The Bertz CT molecular complexity index is 660. The summed E-state index contributed by atoms with van der Waals surface area (Å²) in [7, 11) is 0. The van der Waals surface area contributed by atoms with Gasteiger partial charge in [-0.3, -0.25) is 9.59 Å². The molecule has 2 aliphatic heterocycles. The number of carboxylic acids is 1. The van der Waals surface area contributed by atoms with E-state index in [1.54, 1.807) is 0 Å². The highest BCUT2D eigenvalue weighted by Gasteiger charge is 2.40. The molecule has 26 heavy (non-hydrogen) atoms. The van der Waals surface area contributed by atoms with Gasteiger partial charge in [0.1, 0.15) is 0 Å². The molecule has 142 valence electrons. The minimum atomic E-state index is -0.832. The standard InChI is InChI=1S/C21H30N2O3/c1-2-22-12-6-11-21(15-22)13-17-7-3-4-8-18(17)14-23(16-21)19(24)9-5-10-20(25)26/h3-4,7-8H,2,5-6,9-16H2,1H3,(H,25,26). The van der Waals surface area contributed by atoms with Crippen LogP contribution < -0.4 is 0 Å². The van der Waals surface area contributed by atoms with Crippen molar-refractivity contribution in [3.63, 3.8) is 0 Å². The summed E-state index contributed by atoms with van der Waals surface area (Å²) in [6, 6.07) is 8.48. The van der Waals surface area contributed by atoms with Gasteiger partial charge >= 0.3 is 5.97 Å². The van der Waals surface area contributed by atoms with E-state index in [0.29, 0.717) is 19.4 Å². The first-order valence-electron chi connectivity index (χ1n) is 9.80. The van der Waals surface area contributed by atoms with E-state index >= 15 is 0 Å². The molecular weight excluding hydrogens is 328 g/mol. The highest BCUT2D eigenvalue weighted by molar-refractivity contribution is 5.77. The summed E-state index contributed by atoms with van der Waals surface area (Å²) in [5, 5.41) is 8.84. The highest BCUT2D eigenvalue weighted by atomic mass is 16.4. The van der Waals surface area contributed by atoms with Crippen molar-refractivity contribution in [2.75, 3.05) is 26.2 Å². The lowest BCUT2D eigenvalue weighted by Crippen LogP contribution is -2.50. The van der Waals surface area contributed by atoms with Gasteiger partial charge in [0.25, 0.3) is 0 Å². The summed E-state index contributed by atoms with van der Waals surface area (Å²) in [4.78, 5) is 28.1. The molecule has 0 saturated carbocycles. The number of likely N-dealkylation sites (tertiary alicyclic amines) is 1. The van der Waals surface area contributed by atoms with Gasteiger partial charge in [-0.2, -0.15) is 0 Å². The maximum Gasteiger partial charge on any atom is 0.303 e. The van der Waals surface area contributed by atoms with E-state index < -0.39 is 5.97 Å². The predicted octanol–water partition coefficient (Wildman–Crippen LogP) is 2.93. The number of carboxylic acid groups (broad SMARTS) is 1. The first-order chi connectivity index (χ1) is 12.5. The zero-order valence-corrected chi connectivity index (χ0v) is 15.7. The molecular formula is C21H30N2O3. The van der Waals surface area contributed by atoms with Gasteiger partial charge in [0.15, 0.2) is 0 Å². The largest absolute Gasteiger partial charge is 0.481 e. The van der Waals surface area contributed by atoms with Crippen molar-refractivity contribution in [3.05, 3.63) is 35.4 Å². The number of nitrogens with zero attached hydrogens (tertiary/aromatic N) is 2. The lowest BCUT2D eigenvalue weighted by Gasteiger charge is -2.44. The number of carbonyl (C=O) groups is 2. The third-order valence-corrected chi connectivity index (χ3v) is 5.89. The van der Waals surface area contributed by atoms with Crippen LogP contribution in [-0.4, -0.2) is 53.0 Å². The smallest absolute Gasteiger partial charge is 0.303 e. The van der Waals surface area contributed by atoms with E-state index in [9.17, 15) is 9.59 Å². The zero-order valence-electron chi connectivity index (χ0n) is 15.7. The first-order valence-corrected chi connectivity index (χ1v) is 9.80. The van der Waals surface area contributed by atoms with Crippen LogP contribution >= 0.6 is 0 Å². The lowest BCUT2D eigenvalue weighted by molar-refractivity contribution is -0.137. The molecule has 0 aromatic heterocycles. The van der Waals surface area contributed by atoms with Crippen molar-refractivity contribution in [1.29, 1.82) is 0 Å². The molecule has 1 N–H and O–H groups in total. The molecule has 2 heterocycles. The second-order valence-electron chi connectivity index (χ2n) is 7.91. The number of amides is 1. The maximum atomic E-state index is 12.8. The molecule has 1 aromatic carbocycles. The molecule has 1 fully saturated rings. The van der Waals surface area contributed by atoms with Gasteiger partial charge in [0, 0.05) is 37.9 Å². The molecule has 5 nitrogen and oxygen atoms in total. The number of fused-ring (bicyclic) bond motifs is 1. The lowest BCUT2D eigenvalue weighted by atomic mass is 9.75. The van der Waals surface area contributed by atoms with Crippen LogP contribution in [-0.2, 0) is 22.6 Å². The average molecular weight is 358 g/mol. The van der Waals surface area contributed by atoms with Gasteiger partial charge in [-0.1, -0.05) is 31.2 Å². The van der Waals surface area contributed by atoms with Crippen molar-refractivity contribution in [2.45, 2.75) is 52.0 Å². The molecule has 5 heteroatoms. The number of hydrogen-bond donors (Lipinski definition) is 1. The first kappa shape index (κ1) is 18.9. The van der Waals surface area contributed by atoms with Crippen LogP contribution in [0, 0.1) is 5.41 Å². The van der Waals surface area contributed by atoms with E-state index in [-0.39, 0.29) is 17.7 Å². The SMILES string of the molecule is CCN1CCCC2(Cc3ccccc3CN(C(=O)CCCC(=O)O)C2)C1. The number of piperidine rings is 1. The third kappa shape index (κ3) is 4.44. The summed E-state index contributed by atoms with van der Waals surface area (Å²) in [5.41, 5.74) is 2.72. The molecule has 1 atom stereocenters. The number of carbonyl (C=O) groups excluding carboxylic acids is 1. The number of hydrogen-bond acceptors (Lipinski definition) is 3. The van der Waals surface area contributed by atoms with Crippen molar-refractivity contribution in [3.8, 4) is 0 Å². The Hall–Kier alpha value is -1.88. The van der Waals surface area contributed by atoms with Crippen molar-refractivity contribution in [2.24, 2.45) is 5.41 Å². The maximum absolute atomic E-state index is 12.8. The Labute approximate surface area is 156 Å². The quantitative estimate of drug-likeness (QED) is 0.879. The molecule has 1 saturated heterocycles. The number of benzene rings is 1. The molecule has 3 rings (SSSR count).